The van der Waals surface area contributed by atoms with Crippen LogP contribution in [0.5, 0.6) is 0 Å². The third-order valence-electron chi connectivity index (χ3n) is 15.2. The molecule has 19 heteroatoms. The zero-order valence-electron chi connectivity index (χ0n) is 42.8. The first-order chi connectivity index (χ1) is 35.6. The van der Waals surface area contributed by atoms with Crippen molar-refractivity contribution in [3.05, 3.63) is 179 Å². The molecule has 15 nitrogen and oxygen atoms in total. The highest BCUT2D eigenvalue weighted by atomic mass is 32.2. The molecule has 0 fully saturated rings. The number of fused-ring (bicyclic) bond motifs is 6. The molecule has 2 unspecified atom stereocenters. The standard InChI is InChI=1S/C57H59N3O12S4/c1-37(73(61,62)63)31-33-58-49-27-19-41-35-45(75(67,68)69)23-25-47(41)53(49)56(3,4)51(58)29-21-39-17-18-40(55(39)60(43-13-9-7-10-14-43)44-15-11-8-12-16-44)22-30-52-57(5,6)54-48-26-24-46(76(70,71)72)36-42(48)20-28-50(54)59(52)34-32-38(2)74(64,65)66/h7-16,19-30,35-38H,17-18,31-34H2,1-6H3,(H3-,61,62,63,64,65,66,67,68,69,70,71,72)/p+1. The van der Waals surface area contributed by atoms with Crippen LogP contribution in [0.25, 0.3) is 21.5 Å². The second kappa shape index (κ2) is 19.9. The van der Waals surface area contributed by atoms with Gasteiger partial charge in [-0.25, -0.2) is 0 Å². The summed E-state index contributed by atoms with van der Waals surface area (Å²) in [5.74, 6) is 0. The van der Waals surface area contributed by atoms with Crippen LogP contribution in [0, 0.1) is 0 Å². The van der Waals surface area contributed by atoms with Gasteiger partial charge in [-0.3, -0.25) is 18.2 Å². The lowest BCUT2D eigenvalue weighted by molar-refractivity contribution is -0.438. The van der Waals surface area contributed by atoms with Crippen molar-refractivity contribution >= 4 is 90.5 Å². The molecular formula is C57H60N3O12S4+. The van der Waals surface area contributed by atoms with Crippen LogP contribution < -0.4 is 9.80 Å². The molecule has 0 radical (unpaired) electrons. The summed E-state index contributed by atoms with van der Waals surface area (Å²) in [5.41, 5.74) is 8.08. The molecule has 0 saturated carbocycles. The average molecular weight is 1110 g/mol. The van der Waals surface area contributed by atoms with Gasteiger partial charge in [0.2, 0.25) is 5.69 Å². The fraction of sp³-hybridized carbons (Fsp3) is 0.281. The molecule has 6 aromatic carbocycles. The Bertz CT molecular complexity index is 3940. The molecule has 3 aliphatic rings. The largest absolute Gasteiger partial charge is 0.344 e. The monoisotopic (exact) mass is 1110 g/mol. The molecule has 2 aliphatic heterocycles. The number of rotatable bonds is 16. The van der Waals surface area contributed by atoms with Crippen molar-refractivity contribution in [3.8, 4) is 0 Å². The summed E-state index contributed by atoms with van der Waals surface area (Å²) in [7, 11) is -17.7. The molecule has 9 rings (SSSR count). The highest BCUT2D eigenvalue weighted by Crippen LogP contribution is 2.52. The van der Waals surface area contributed by atoms with Gasteiger partial charge in [0.05, 0.1) is 31.4 Å². The summed E-state index contributed by atoms with van der Waals surface area (Å²) in [4.78, 5) is 3.77. The summed E-state index contributed by atoms with van der Waals surface area (Å²) >= 11 is 0. The maximum atomic E-state index is 12.3. The topological polar surface area (TPSA) is 227 Å². The lowest BCUT2D eigenvalue weighted by Crippen LogP contribution is -2.30. The van der Waals surface area contributed by atoms with E-state index in [-0.39, 0.29) is 35.7 Å². The Labute approximate surface area is 444 Å². The SMILES string of the molecule is CC(CCN1/C(=C\C=C2/CCC(/C=C/C3=[N+](CCC(C)S(=O)(=O)O)c4ccc5cc(S(=O)(=O)O)ccc5c4C3(C)C)=C2N(c2ccccc2)c2ccccc2)C(C)(C)c2c1ccc1cc(S(=O)(=O)O)ccc21)S(=O)(=O)O. The Morgan fingerprint density at radius 2 is 1.13 bits per heavy atom. The van der Waals surface area contributed by atoms with Gasteiger partial charge in [-0.1, -0.05) is 80.6 Å². The van der Waals surface area contributed by atoms with E-state index in [9.17, 15) is 51.9 Å². The van der Waals surface area contributed by atoms with E-state index < -0.39 is 61.8 Å². The normalized spacial score (nSPS) is 18.6. The van der Waals surface area contributed by atoms with Crippen molar-refractivity contribution in [1.29, 1.82) is 0 Å². The molecule has 0 amide bonds. The van der Waals surface area contributed by atoms with Crippen molar-refractivity contribution in [2.45, 2.75) is 98.3 Å². The molecule has 76 heavy (non-hydrogen) atoms. The van der Waals surface area contributed by atoms with Gasteiger partial charge in [-0.05, 0) is 152 Å². The molecule has 0 aromatic heterocycles. The highest BCUT2D eigenvalue weighted by Gasteiger charge is 2.46. The number of anilines is 3. The first-order valence-corrected chi connectivity index (χ1v) is 30.6. The van der Waals surface area contributed by atoms with Crippen LogP contribution in [0.15, 0.2) is 178 Å². The number of allylic oxidation sites excluding steroid dienone is 7. The molecule has 4 N–H and O–H groups in total. The van der Waals surface area contributed by atoms with Gasteiger partial charge in [0.1, 0.15) is 0 Å². The average Bonchev–Trinajstić information content (AvgIpc) is 3.93. The molecule has 1 aliphatic carbocycles. The maximum Gasteiger partial charge on any atom is 0.294 e. The first kappa shape index (κ1) is 54.5. The number of hydrogen-bond donors (Lipinski definition) is 4. The van der Waals surface area contributed by atoms with E-state index in [1.807, 2.05) is 72.8 Å². The molecule has 6 aromatic rings. The number of nitrogens with zero attached hydrogens (tertiary/aromatic N) is 3. The van der Waals surface area contributed by atoms with Gasteiger partial charge >= 0.3 is 0 Å². The fourth-order valence-corrected chi connectivity index (χ4v) is 12.9. The second-order valence-corrected chi connectivity index (χ2v) is 27.3. The maximum absolute atomic E-state index is 12.3. The van der Waals surface area contributed by atoms with E-state index >= 15 is 0 Å². The minimum absolute atomic E-state index is 0.0874. The third-order valence-corrected chi connectivity index (χ3v) is 19.4. The Kier molecular flexibility index (Phi) is 14.3. The summed E-state index contributed by atoms with van der Waals surface area (Å²) in [6, 6.07) is 36.1. The van der Waals surface area contributed by atoms with Crippen LogP contribution >= 0.6 is 0 Å². The summed E-state index contributed by atoms with van der Waals surface area (Å²) in [6.07, 6.45) is 9.65. The molecule has 0 bridgehead atoms. The Morgan fingerprint density at radius 3 is 1.67 bits per heavy atom. The molecule has 398 valence electrons. The van der Waals surface area contributed by atoms with Gasteiger partial charge in [-0.2, -0.15) is 38.2 Å². The van der Waals surface area contributed by atoms with E-state index in [0.29, 0.717) is 23.6 Å². The number of benzene rings is 6. The summed E-state index contributed by atoms with van der Waals surface area (Å²) in [6.45, 7) is 11.5. The van der Waals surface area contributed by atoms with Crippen LogP contribution in [0.1, 0.15) is 78.4 Å². The van der Waals surface area contributed by atoms with Crippen LogP contribution in [-0.4, -0.2) is 85.8 Å². The summed E-state index contributed by atoms with van der Waals surface area (Å²) < 4.78 is 140. The molecule has 2 heterocycles. The van der Waals surface area contributed by atoms with E-state index in [0.717, 1.165) is 72.9 Å². The molecule has 0 spiro atoms. The van der Waals surface area contributed by atoms with Crippen molar-refractivity contribution in [2.24, 2.45) is 0 Å². The highest BCUT2D eigenvalue weighted by molar-refractivity contribution is 7.87. The molecular weight excluding hydrogens is 1050 g/mol. The van der Waals surface area contributed by atoms with Crippen molar-refractivity contribution < 1.29 is 56.5 Å². The van der Waals surface area contributed by atoms with Crippen LogP contribution in [-0.2, 0) is 51.3 Å². The van der Waals surface area contributed by atoms with Crippen molar-refractivity contribution in [3.63, 3.8) is 0 Å². The number of para-hydroxylation sites is 2. The van der Waals surface area contributed by atoms with Gasteiger partial charge in [0, 0.05) is 58.8 Å². The van der Waals surface area contributed by atoms with Crippen molar-refractivity contribution in [2.75, 3.05) is 22.9 Å². The van der Waals surface area contributed by atoms with Gasteiger partial charge in [0.15, 0.2) is 12.3 Å². The third kappa shape index (κ3) is 10.3. The zero-order chi connectivity index (χ0) is 54.9. The predicted molar refractivity (Wildman–Crippen MR) is 299 cm³/mol. The zero-order valence-corrected chi connectivity index (χ0v) is 46.0. The van der Waals surface area contributed by atoms with E-state index in [1.54, 1.807) is 24.3 Å². The minimum atomic E-state index is -4.50. The Balaban J connectivity index is 1.23. The number of hydrogen-bond acceptors (Lipinski definition) is 10. The van der Waals surface area contributed by atoms with Gasteiger partial charge in [-0.15, -0.1) is 0 Å². The predicted octanol–water partition coefficient (Wildman–Crippen LogP) is 11.2. The molecule has 0 saturated heterocycles. The smallest absolute Gasteiger partial charge is 0.294 e. The minimum Gasteiger partial charge on any atom is -0.344 e. The first-order valence-electron chi connectivity index (χ1n) is 24.8. The van der Waals surface area contributed by atoms with Crippen LogP contribution in [0.2, 0.25) is 0 Å². The lowest BCUT2D eigenvalue weighted by Gasteiger charge is -2.29. The Hall–Kier alpha value is -6.29. The van der Waals surface area contributed by atoms with Gasteiger partial charge < -0.3 is 9.80 Å². The Morgan fingerprint density at radius 1 is 0.605 bits per heavy atom. The lowest BCUT2D eigenvalue weighted by atomic mass is 9.79. The van der Waals surface area contributed by atoms with Crippen molar-refractivity contribution in [1.82, 2.24) is 0 Å². The fourth-order valence-electron chi connectivity index (χ4n) is 11.1. The van der Waals surface area contributed by atoms with E-state index in [2.05, 4.69) is 66.4 Å². The second-order valence-electron chi connectivity index (χ2n) is 20.8. The molecule has 2 atom stereocenters. The van der Waals surface area contributed by atoms with E-state index in [4.69, 9.17) is 0 Å². The van der Waals surface area contributed by atoms with Crippen LogP contribution in [0.4, 0.5) is 22.7 Å². The van der Waals surface area contributed by atoms with Crippen LogP contribution in [0.3, 0.4) is 0 Å². The van der Waals surface area contributed by atoms with Gasteiger partial charge in [0.25, 0.3) is 40.5 Å². The quantitative estimate of drug-likeness (QED) is 0.0522. The summed E-state index contributed by atoms with van der Waals surface area (Å²) in [5, 5.41) is 0.524. The van der Waals surface area contributed by atoms with E-state index in [1.165, 1.54) is 38.1 Å².